The molecule has 0 saturated carbocycles. The first kappa shape index (κ1) is 15.3. The number of carbonyl (C=O) groups is 1. The minimum Gasteiger partial charge on any atom is -0.318 e. The minimum atomic E-state index is -0.517. The number of rotatable bonds is 5. The maximum Gasteiger partial charge on any atom is 0.253 e. The van der Waals surface area contributed by atoms with Gasteiger partial charge in [0.25, 0.3) is 5.91 Å². The smallest absolute Gasteiger partial charge is 0.253 e. The summed E-state index contributed by atoms with van der Waals surface area (Å²) in [6.07, 6.45) is 2.44. The molecule has 1 saturated heterocycles. The summed E-state index contributed by atoms with van der Waals surface area (Å²) >= 11 is 3.29. The molecule has 1 heterocycles. The van der Waals surface area contributed by atoms with Crippen molar-refractivity contribution in [3.05, 3.63) is 73.4 Å². The zero-order valence-corrected chi connectivity index (χ0v) is 13.8. The molecule has 0 aromatic heterocycles. The van der Waals surface area contributed by atoms with E-state index in [1.807, 2.05) is 36.4 Å². The van der Waals surface area contributed by atoms with Crippen molar-refractivity contribution in [1.29, 1.82) is 0 Å². The molecule has 0 aliphatic carbocycles. The van der Waals surface area contributed by atoms with E-state index in [2.05, 4.69) is 30.8 Å². The van der Waals surface area contributed by atoms with Gasteiger partial charge in [0.15, 0.2) is 4.08 Å². The van der Waals surface area contributed by atoms with Crippen molar-refractivity contribution >= 4 is 29.4 Å². The third-order valence-corrected chi connectivity index (χ3v) is 6.47. The van der Waals surface area contributed by atoms with Gasteiger partial charge in [-0.05, 0) is 36.9 Å². The highest BCUT2D eigenvalue weighted by atomic mass is 32.2. The van der Waals surface area contributed by atoms with Gasteiger partial charge in [-0.1, -0.05) is 66.5 Å². The van der Waals surface area contributed by atoms with Crippen LogP contribution in [0.25, 0.3) is 0 Å². The van der Waals surface area contributed by atoms with Gasteiger partial charge in [-0.25, -0.2) is 0 Å². The van der Waals surface area contributed by atoms with Crippen LogP contribution in [0.15, 0.2) is 83.2 Å². The van der Waals surface area contributed by atoms with E-state index in [-0.39, 0.29) is 5.91 Å². The Labute approximate surface area is 139 Å². The van der Waals surface area contributed by atoms with Crippen molar-refractivity contribution in [2.45, 2.75) is 20.3 Å². The fourth-order valence-corrected chi connectivity index (χ4v) is 5.32. The van der Waals surface area contributed by atoms with Crippen LogP contribution in [-0.2, 0) is 4.79 Å². The summed E-state index contributed by atoms with van der Waals surface area (Å²) in [6.45, 7) is 4.48. The molecule has 1 amide bonds. The summed E-state index contributed by atoms with van der Waals surface area (Å²) in [6, 6.07) is 20.2. The lowest BCUT2D eigenvalue weighted by atomic mass is 10.3. The van der Waals surface area contributed by atoms with E-state index in [0.29, 0.717) is 0 Å². The summed E-state index contributed by atoms with van der Waals surface area (Å²) in [5.41, 5.74) is 0. The average Bonchev–Trinajstić information content (AvgIpc) is 2.85. The third-order valence-electron chi connectivity index (χ3n) is 3.54. The molecule has 2 aromatic rings. The van der Waals surface area contributed by atoms with Gasteiger partial charge in [0.2, 0.25) is 0 Å². The predicted molar refractivity (Wildman–Crippen MR) is 93.9 cm³/mol. The number of nitrogens with zero attached hydrogens (tertiary/aromatic N) is 1. The summed E-state index contributed by atoms with van der Waals surface area (Å²) < 4.78 is -0.517. The zero-order chi connectivity index (χ0) is 15.4. The Morgan fingerprint density at radius 3 is 1.86 bits per heavy atom. The van der Waals surface area contributed by atoms with Crippen LogP contribution in [-0.4, -0.2) is 21.4 Å². The lowest BCUT2D eigenvalue weighted by Crippen LogP contribution is -2.32. The second kappa shape index (κ2) is 6.63. The maximum atomic E-state index is 12.9. The van der Waals surface area contributed by atoms with Gasteiger partial charge < -0.3 is 4.90 Å². The van der Waals surface area contributed by atoms with Crippen molar-refractivity contribution in [1.82, 2.24) is 4.90 Å². The zero-order valence-electron chi connectivity index (χ0n) is 12.1. The Kier molecular flexibility index (Phi) is 4.60. The summed E-state index contributed by atoms with van der Waals surface area (Å²) in [4.78, 5) is 16.8. The second-order valence-corrected chi connectivity index (χ2v) is 8.02. The van der Waals surface area contributed by atoms with E-state index in [4.69, 9.17) is 0 Å². The van der Waals surface area contributed by atoms with Crippen LogP contribution >= 0.6 is 23.5 Å². The summed E-state index contributed by atoms with van der Waals surface area (Å²) in [5, 5.41) is 0. The van der Waals surface area contributed by atoms with E-state index in [1.165, 1.54) is 0 Å². The SMILES string of the molecule is C=CN1CCC(Sc2ccccc2)(Sc2ccccc2)C1=O. The van der Waals surface area contributed by atoms with E-state index in [1.54, 1.807) is 34.6 Å². The highest BCUT2D eigenvalue weighted by Gasteiger charge is 2.48. The quantitative estimate of drug-likeness (QED) is 0.746. The molecule has 1 fully saturated rings. The molecule has 0 spiro atoms. The van der Waals surface area contributed by atoms with Crippen LogP contribution in [0.3, 0.4) is 0 Å². The minimum absolute atomic E-state index is 0.130. The molecule has 2 nitrogen and oxygen atoms in total. The van der Waals surface area contributed by atoms with E-state index in [0.717, 1.165) is 22.8 Å². The largest absolute Gasteiger partial charge is 0.318 e. The first-order valence-corrected chi connectivity index (χ1v) is 8.78. The van der Waals surface area contributed by atoms with Crippen LogP contribution in [0.4, 0.5) is 0 Å². The monoisotopic (exact) mass is 327 g/mol. The number of thioether (sulfide) groups is 2. The number of likely N-dealkylation sites (tertiary alicyclic amines) is 1. The highest BCUT2D eigenvalue weighted by molar-refractivity contribution is 8.19. The van der Waals surface area contributed by atoms with Crippen LogP contribution in [0.5, 0.6) is 0 Å². The van der Waals surface area contributed by atoms with Crippen LogP contribution in [0, 0.1) is 0 Å². The van der Waals surface area contributed by atoms with Gasteiger partial charge >= 0.3 is 0 Å². The summed E-state index contributed by atoms with van der Waals surface area (Å²) in [7, 11) is 0. The maximum absolute atomic E-state index is 12.9. The lowest BCUT2D eigenvalue weighted by Gasteiger charge is -2.26. The molecule has 0 atom stereocenters. The Balaban J connectivity index is 1.92. The van der Waals surface area contributed by atoms with Crippen molar-refractivity contribution in [2.24, 2.45) is 0 Å². The first-order chi connectivity index (χ1) is 10.7. The molecule has 0 N–H and O–H groups in total. The Hall–Kier alpha value is -1.65. The van der Waals surface area contributed by atoms with E-state index < -0.39 is 4.08 Å². The molecule has 22 heavy (non-hydrogen) atoms. The molecule has 4 heteroatoms. The normalized spacial score (nSPS) is 16.7. The van der Waals surface area contributed by atoms with Crippen LogP contribution < -0.4 is 0 Å². The van der Waals surface area contributed by atoms with Crippen molar-refractivity contribution < 1.29 is 4.79 Å². The van der Waals surface area contributed by atoms with Gasteiger partial charge in [-0.15, -0.1) is 0 Å². The molecule has 0 unspecified atom stereocenters. The van der Waals surface area contributed by atoms with Gasteiger partial charge in [0.1, 0.15) is 0 Å². The van der Waals surface area contributed by atoms with E-state index >= 15 is 0 Å². The van der Waals surface area contributed by atoms with Gasteiger partial charge in [-0.2, -0.15) is 0 Å². The first-order valence-electron chi connectivity index (χ1n) is 7.15. The predicted octanol–water partition coefficient (Wildman–Crippen LogP) is 4.64. The second-order valence-electron chi connectivity index (χ2n) is 5.01. The third kappa shape index (κ3) is 3.08. The number of hydrogen-bond donors (Lipinski definition) is 0. The van der Waals surface area contributed by atoms with Gasteiger partial charge in [0.05, 0.1) is 0 Å². The Bertz CT molecular complexity index is 616. The molecule has 3 rings (SSSR count). The lowest BCUT2D eigenvalue weighted by molar-refractivity contribution is -0.125. The number of hydrogen-bond acceptors (Lipinski definition) is 3. The number of amides is 1. The van der Waals surface area contributed by atoms with Crippen molar-refractivity contribution in [3.8, 4) is 0 Å². The topological polar surface area (TPSA) is 20.3 Å². The molecule has 1 aliphatic heterocycles. The molecule has 2 aromatic carbocycles. The molecule has 112 valence electrons. The Morgan fingerprint density at radius 2 is 1.45 bits per heavy atom. The molecular weight excluding hydrogens is 310 g/mol. The fourth-order valence-electron chi connectivity index (χ4n) is 2.44. The Morgan fingerprint density at radius 1 is 0.955 bits per heavy atom. The van der Waals surface area contributed by atoms with Crippen LogP contribution in [0.2, 0.25) is 0 Å². The van der Waals surface area contributed by atoms with Gasteiger partial charge in [0, 0.05) is 16.3 Å². The van der Waals surface area contributed by atoms with Crippen molar-refractivity contribution in [2.75, 3.05) is 6.54 Å². The molecule has 1 aliphatic rings. The van der Waals surface area contributed by atoms with E-state index in [9.17, 15) is 4.79 Å². The fraction of sp³-hybridized carbons (Fsp3) is 0.167. The number of benzene rings is 2. The summed E-state index contributed by atoms with van der Waals surface area (Å²) in [5.74, 6) is 0.130. The molecule has 0 radical (unpaired) electrons. The number of carbonyl (C=O) groups excluding carboxylic acids is 1. The van der Waals surface area contributed by atoms with Gasteiger partial charge in [-0.3, -0.25) is 4.79 Å². The molecule has 0 bridgehead atoms. The highest BCUT2D eigenvalue weighted by Crippen LogP contribution is 2.51. The average molecular weight is 327 g/mol. The molecular formula is C18H17NOS2. The van der Waals surface area contributed by atoms with Crippen molar-refractivity contribution in [3.63, 3.8) is 0 Å². The standard InChI is InChI=1S/C18H17NOS2/c1-2-19-14-13-18(17(19)20,21-15-9-5-3-6-10-15)22-16-11-7-4-8-12-16/h2-12H,1,13-14H2. The van der Waals surface area contributed by atoms with Crippen LogP contribution in [0.1, 0.15) is 6.42 Å².